The molecule has 0 saturated carbocycles. The average Bonchev–Trinajstić information content (AvgIpc) is 2.42. The molecule has 1 aromatic rings. The molecule has 5 N–H and O–H groups in total. The number of nitrogens with two attached hydrogens (primary N) is 1. The van der Waals surface area contributed by atoms with E-state index in [9.17, 15) is 19.5 Å². The molecule has 0 aromatic heterocycles. The number of carbonyl (C=O) groups excluding carboxylic acids is 2. The number of nitrogens with one attached hydrogen (secondary N) is 1. The van der Waals surface area contributed by atoms with Crippen LogP contribution in [0.25, 0.3) is 0 Å². The van der Waals surface area contributed by atoms with Crippen LogP contribution in [-0.4, -0.2) is 34.0 Å². The van der Waals surface area contributed by atoms with Gasteiger partial charge in [-0.1, -0.05) is 18.2 Å². The van der Waals surface area contributed by atoms with Crippen LogP contribution < -0.4 is 11.1 Å². The lowest BCUT2D eigenvalue weighted by atomic mass is 10.1. The van der Waals surface area contributed by atoms with Gasteiger partial charge in [0.2, 0.25) is 11.8 Å². The maximum atomic E-state index is 11.7. The molecule has 7 nitrogen and oxygen atoms in total. The van der Waals surface area contributed by atoms with Gasteiger partial charge in [0, 0.05) is 12.8 Å². The molecule has 7 heteroatoms. The summed E-state index contributed by atoms with van der Waals surface area (Å²) in [5.41, 5.74) is 5.56. The van der Waals surface area contributed by atoms with Gasteiger partial charge < -0.3 is 21.3 Å². The number of phenolic OH excluding ortho intramolecular Hbond substituents is 1. The molecule has 0 bridgehead atoms. The van der Waals surface area contributed by atoms with E-state index in [1.807, 2.05) is 0 Å². The fraction of sp³-hybridized carbons (Fsp3) is 0.357. The van der Waals surface area contributed by atoms with Gasteiger partial charge in [0.1, 0.15) is 11.8 Å². The zero-order valence-corrected chi connectivity index (χ0v) is 11.4. The maximum absolute atomic E-state index is 11.7. The van der Waals surface area contributed by atoms with E-state index in [4.69, 9.17) is 10.8 Å². The van der Waals surface area contributed by atoms with Crippen LogP contribution in [0.5, 0.6) is 5.75 Å². The summed E-state index contributed by atoms with van der Waals surface area (Å²) in [6.45, 7) is 0. The molecular formula is C14H18N2O5. The van der Waals surface area contributed by atoms with Crippen molar-refractivity contribution < 1.29 is 24.6 Å². The van der Waals surface area contributed by atoms with E-state index in [2.05, 4.69) is 5.32 Å². The summed E-state index contributed by atoms with van der Waals surface area (Å²) in [4.78, 5) is 33.3. The molecule has 0 aliphatic heterocycles. The topological polar surface area (TPSA) is 130 Å². The normalized spacial score (nSPS) is 11.6. The van der Waals surface area contributed by atoms with Gasteiger partial charge in [0.15, 0.2) is 0 Å². The highest BCUT2D eigenvalue weighted by Gasteiger charge is 2.20. The summed E-state index contributed by atoms with van der Waals surface area (Å²) >= 11 is 0. The number of carbonyl (C=O) groups is 3. The molecule has 0 unspecified atom stereocenters. The summed E-state index contributed by atoms with van der Waals surface area (Å²) < 4.78 is 0. The Balaban J connectivity index is 2.49. The van der Waals surface area contributed by atoms with Gasteiger partial charge >= 0.3 is 5.97 Å². The van der Waals surface area contributed by atoms with E-state index in [1.165, 1.54) is 6.07 Å². The second kappa shape index (κ2) is 7.88. The number of aryl methyl sites for hydroxylation is 1. The van der Waals surface area contributed by atoms with Gasteiger partial charge in [0.05, 0.1) is 0 Å². The second-order valence-electron chi connectivity index (χ2n) is 4.59. The Morgan fingerprint density at radius 2 is 1.86 bits per heavy atom. The van der Waals surface area contributed by atoms with Crippen molar-refractivity contribution in [2.45, 2.75) is 31.7 Å². The summed E-state index contributed by atoms with van der Waals surface area (Å²) in [5.74, 6) is -2.21. The predicted molar refractivity (Wildman–Crippen MR) is 74.4 cm³/mol. The van der Waals surface area contributed by atoms with Crippen LogP contribution in [0.2, 0.25) is 0 Å². The van der Waals surface area contributed by atoms with Crippen LogP contribution in [0.3, 0.4) is 0 Å². The van der Waals surface area contributed by atoms with Gasteiger partial charge in [-0.15, -0.1) is 0 Å². The van der Waals surface area contributed by atoms with Gasteiger partial charge in [-0.25, -0.2) is 4.79 Å². The minimum atomic E-state index is -1.22. The van der Waals surface area contributed by atoms with Crippen molar-refractivity contribution in [2.24, 2.45) is 5.73 Å². The highest BCUT2D eigenvalue weighted by molar-refractivity contribution is 5.84. The molecule has 2 amide bonds. The molecule has 0 fully saturated rings. The Hall–Kier alpha value is -2.57. The first-order valence-corrected chi connectivity index (χ1v) is 6.47. The fourth-order valence-corrected chi connectivity index (χ4v) is 1.78. The number of benzene rings is 1. The van der Waals surface area contributed by atoms with Crippen molar-refractivity contribution in [1.29, 1.82) is 0 Å². The first kappa shape index (κ1) is 16.5. The highest BCUT2D eigenvalue weighted by Crippen LogP contribution is 2.17. The summed E-state index contributed by atoms with van der Waals surface area (Å²) in [6.07, 6.45) is 0.169. The van der Waals surface area contributed by atoms with Crippen molar-refractivity contribution in [3.63, 3.8) is 0 Å². The molecule has 1 rings (SSSR count). The molecule has 0 heterocycles. The largest absolute Gasteiger partial charge is 0.508 e. The minimum absolute atomic E-state index is 0.0396. The molecule has 0 radical (unpaired) electrons. The number of hydrogen-bond acceptors (Lipinski definition) is 4. The summed E-state index contributed by atoms with van der Waals surface area (Å²) in [7, 11) is 0. The predicted octanol–water partition coefficient (Wildman–Crippen LogP) is 0.160. The number of aromatic hydroxyl groups is 1. The number of carboxylic acid groups (broad SMARTS) is 1. The number of para-hydroxylation sites is 1. The zero-order valence-electron chi connectivity index (χ0n) is 11.4. The molecule has 114 valence electrons. The molecule has 21 heavy (non-hydrogen) atoms. The quantitative estimate of drug-likeness (QED) is 0.542. The minimum Gasteiger partial charge on any atom is -0.508 e. The summed E-state index contributed by atoms with van der Waals surface area (Å²) in [6, 6.07) is 5.46. The smallest absolute Gasteiger partial charge is 0.326 e. The molecule has 1 atom stereocenters. The lowest BCUT2D eigenvalue weighted by Gasteiger charge is -2.13. The number of hydrogen-bond donors (Lipinski definition) is 4. The SMILES string of the molecule is NC(=O)CC[C@@H](NC(=O)CCc1ccccc1O)C(=O)O. The Labute approximate surface area is 121 Å². The van der Waals surface area contributed by atoms with Crippen molar-refractivity contribution >= 4 is 17.8 Å². The van der Waals surface area contributed by atoms with Crippen molar-refractivity contribution in [3.8, 4) is 5.75 Å². The van der Waals surface area contributed by atoms with E-state index in [1.54, 1.807) is 18.2 Å². The molecule has 0 saturated heterocycles. The number of phenols is 1. The van der Waals surface area contributed by atoms with Gasteiger partial charge in [0.25, 0.3) is 0 Å². The van der Waals surface area contributed by atoms with Crippen LogP contribution in [-0.2, 0) is 20.8 Å². The molecule has 0 aliphatic carbocycles. The Bertz CT molecular complexity index is 530. The van der Waals surface area contributed by atoms with E-state index in [-0.39, 0.29) is 25.0 Å². The number of aliphatic carboxylic acids is 1. The highest BCUT2D eigenvalue weighted by atomic mass is 16.4. The van der Waals surface area contributed by atoms with Crippen molar-refractivity contribution in [1.82, 2.24) is 5.32 Å². The van der Waals surface area contributed by atoms with Crippen LogP contribution >= 0.6 is 0 Å². The van der Waals surface area contributed by atoms with Gasteiger partial charge in [-0.2, -0.15) is 0 Å². The second-order valence-corrected chi connectivity index (χ2v) is 4.59. The maximum Gasteiger partial charge on any atom is 0.326 e. The molecule has 1 aromatic carbocycles. The Kier molecular flexibility index (Phi) is 6.19. The standard InChI is InChI=1S/C14H18N2O5/c15-12(18)7-6-10(14(20)21)16-13(19)8-5-9-3-1-2-4-11(9)17/h1-4,10,17H,5-8H2,(H2,15,18)(H,16,19)(H,20,21)/t10-/m1/s1. The van der Waals surface area contributed by atoms with Crippen LogP contribution in [0.4, 0.5) is 0 Å². The number of amides is 2. The third-order valence-corrected chi connectivity index (χ3v) is 2.93. The van der Waals surface area contributed by atoms with E-state index < -0.39 is 23.8 Å². The van der Waals surface area contributed by atoms with E-state index in [0.29, 0.717) is 12.0 Å². The number of primary amides is 1. The molecule has 0 spiro atoms. The monoisotopic (exact) mass is 294 g/mol. The Morgan fingerprint density at radius 3 is 2.43 bits per heavy atom. The average molecular weight is 294 g/mol. The van der Waals surface area contributed by atoms with E-state index in [0.717, 1.165) is 0 Å². The van der Waals surface area contributed by atoms with Gasteiger partial charge in [-0.05, 0) is 24.5 Å². The first-order valence-electron chi connectivity index (χ1n) is 6.47. The third kappa shape index (κ3) is 5.94. The number of carboxylic acids is 1. The van der Waals surface area contributed by atoms with E-state index >= 15 is 0 Å². The van der Waals surface area contributed by atoms with Crippen molar-refractivity contribution in [2.75, 3.05) is 0 Å². The van der Waals surface area contributed by atoms with Crippen molar-refractivity contribution in [3.05, 3.63) is 29.8 Å². The Morgan fingerprint density at radius 1 is 1.19 bits per heavy atom. The van der Waals surface area contributed by atoms with Crippen LogP contribution in [0, 0.1) is 0 Å². The lowest BCUT2D eigenvalue weighted by molar-refractivity contribution is -0.142. The zero-order chi connectivity index (χ0) is 15.8. The first-order chi connectivity index (χ1) is 9.90. The lowest BCUT2D eigenvalue weighted by Crippen LogP contribution is -2.41. The van der Waals surface area contributed by atoms with Crippen LogP contribution in [0.15, 0.2) is 24.3 Å². The molecular weight excluding hydrogens is 276 g/mol. The van der Waals surface area contributed by atoms with Gasteiger partial charge in [-0.3, -0.25) is 9.59 Å². The van der Waals surface area contributed by atoms with Crippen LogP contribution in [0.1, 0.15) is 24.8 Å². The number of rotatable bonds is 8. The summed E-state index contributed by atoms with van der Waals surface area (Å²) in [5, 5.41) is 20.9. The molecule has 0 aliphatic rings. The fourth-order valence-electron chi connectivity index (χ4n) is 1.78. The third-order valence-electron chi connectivity index (χ3n) is 2.93.